The number of ether oxygens (including phenoxy) is 2. The Hall–Kier alpha value is -2.11. The van der Waals surface area contributed by atoms with E-state index < -0.39 is 23.8 Å². The molecular weight excluding hydrogens is 389 g/mol. The third-order valence-corrected chi connectivity index (χ3v) is 5.10. The van der Waals surface area contributed by atoms with Crippen LogP contribution in [0.25, 0.3) is 0 Å². The molecular formula is C20H21Cl2NO4. The third kappa shape index (κ3) is 4.42. The van der Waals surface area contributed by atoms with Crippen molar-refractivity contribution in [1.82, 2.24) is 0 Å². The molecule has 27 heavy (non-hydrogen) atoms. The Bertz CT molecular complexity index is 858. The molecule has 1 aromatic carbocycles. The van der Waals surface area contributed by atoms with Crippen molar-refractivity contribution in [1.29, 1.82) is 0 Å². The van der Waals surface area contributed by atoms with Gasteiger partial charge >= 0.3 is 11.9 Å². The predicted octanol–water partition coefficient (Wildman–Crippen LogP) is 4.73. The fourth-order valence-electron chi connectivity index (χ4n) is 3.10. The van der Waals surface area contributed by atoms with Gasteiger partial charge in [-0.3, -0.25) is 9.79 Å². The van der Waals surface area contributed by atoms with Crippen LogP contribution in [0.1, 0.15) is 32.3 Å². The van der Waals surface area contributed by atoms with Crippen LogP contribution >= 0.6 is 23.2 Å². The molecule has 5 nitrogen and oxygen atoms in total. The van der Waals surface area contributed by atoms with Gasteiger partial charge in [0.15, 0.2) is 0 Å². The van der Waals surface area contributed by atoms with E-state index in [1.165, 1.54) is 7.11 Å². The number of nitrogens with zero attached hydrogens (tertiary/aromatic N) is 1. The van der Waals surface area contributed by atoms with E-state index in [1.54, 1.807) is 39.0 Å². The van der Waals surface area contributed by atoms with Crippen LogP contribution in [0.3, 0.4) is 0 Å². The second-order valence-electron chi connectivity index (χ2n) is 6.41. The Balaban J connectivity index is 2.66. The van der Waals surface area contributed by atoms with E-state index in [2.05, 4.69) is 11.6 Å². The molecule has 144 valence electrons. The minimum atomic E-state index is -0.818. The molecule has 0 N–H and O–H groups in total. The Morgan fingerprint density at radius 3 is 2.52 bits per heavy atom. The first kappa shape index (κ1) is 21.2. The number of halogens is 2. The molecule has 0 amide bonds. The quantitative estimate of drug-likeness (QED) is 0.520. The molecule has 0 saturated heterocycles. The molecule has 0 aliphatic carbocycles. The van der Waals surface area contributed by atoms with Gasteiger partial charge in [0.05, 0.1) is 22.7 Å². The smallest absolute Gasteiger partial charge is 0.336 e. The molecule has 1 heterocycles. The Morgan fingerprint density at radius 2 is 1.93 bits per heavy atom. The summed E-state index contributed by atoms with van der Waals surface area (Å²) in [6.45, 7) is 8.96. The van der Waals surface area contributed by atoms with E-state index in [0.717, 1.165) is 0 Å². The summed E-state index contributed by atoms with van der Waals surface area (Å²) in [7, 11) is 1.29. The van der Waals surface area contributed by atoms with Crippen LogP contribution in [0.2, 0.25) is 10.0 Å². The monoisotopic (exact) mass is 409 g/mol. The highest BCUT2D eigenvalue weighted by atomic mass is 35.5. The number of aliphatic imine (C=N–C) groups is 1. The summed E-state index contributed by atoms with van der Waals surface area (Å²) in [5.41, 5.74) is 2.47. The molecule has 0 bridgehead atoms. The number of hydrogen-bond acceptors (Lipinski definition) is 5. The third-order valence-electron chi connectivity index (χ3n) is 4.27. The van der Waals surface area contributed by atoms with E-state index in [-0.39, 0.29) is 17.2 Å². The van der Waals surface area contributed by atoms with Crippen LogP contribution in [-0.2, 0) is 19.1 Å². The van der Waals surface area contributed by atoms with E-state index in [9.17, 15) is 9.59 Å². The second-order valence-corrected chi connectivity index (χ2v) is 7.19. The summed E-state index contributed by atoms with van der Waals surface area (Å²) in [5.74, 6) is -2.64. The zero-order chi connectivity index (χ0) is 20.3. The molecule has 1 aliphatic heterocycles. The number of carbonyl (C=O) groups is 2. The molecule has 1 aliphatic rings. The first-order valence-electron chi connectivity index (χ1n) is 8.28. The molecule has 0 fully saturated rings. The number of benzene rings is 1. The number of rotatable bonds is 5. The van der Waals surface area contributed by atoms with Crippen molar-refractivity contribution in [3.8, 4) is 0 Å². The Kier molecular flexibility index (Phi) is 6.84. The molecule has 2 unspecified atom stereocenters. The highest BCUT2D eigenvalue weighted by molar-refractivity contribution is 6.42. The second kappa shape index (κ2) is 8.72. The van der Waals surface area contributed by atoms with Crippen LogP contribution in [0.5, 0.6) is 0 Å². The molecule has 7 heteroatoms. The number of hydrogen-bond donors (Lipinski definition) is 0. The molecule has 0 spiro atoms. The summed E-state index contributed by atoms with van der Waals surface area (Å²) >= 11 is 12.6. The average Bonchev–Trinajstić information content (AvgIpc) is 2.60. The van der Waals surface area contributed by atoms with Gasteiger partial charge in [-0.25, -0.2) is 4.79 Å². The normalized spacial score (nSPS) is 19.4. The standard InChI is InChI=1S/C20H21Cl2NO4/c1-10(2)9-27-20(25)16-12(4)23-11(3)15(19(24)26-5)17(16)13-7-6-8-14(21)18(13)22/h6-8,15,17H,1,9H2,2-5H3. The van der Waals surface area contributed by atoms with Gasteiger partial charge in [-0.05, 0) is 38.0 Å². The number of carbonyl (C=O) groups excluding carboxylic acids is 2. The summed E-state index contributed by atoms with van der Waals surface area (Å²) < 4.78 is 10.3. The predicted molar refractivity (Wildman–Crippen MR) is 106 cm³/mol. The molecule has 0 radical (unpaired) electrons. The van der Waals surface area contributed by atoms with Crippen molar-refractivity contribution in [2.45, 2.75) is 26.7 Å². The summed E-state index contributed by atoms with van der Waals surface area (Å²) in [5, 5.41) is 0.594. The first-order valence-corrected chi connectivity index (χ1v) is 9.03. The Labute approximate surface area is 168 Å². The average molecular weight is 410 g/mol. The maximum absolute atomic E-state index is 12.8. The lowest BCUT2D eigenvalue weighted by molar-refractivity contribution is -0.144. The number of methoxy groups -OCH3 is 1. The van der Waals surface area contributed by atoms with Crippen molar-refractivity contribution >= 4 is 40.9 Å². The van der Waals surface area contributed by atoms with Gasteiger partial charge in [0.2, 0.25) is 0 Å². The molecule has 0 saturated carbocycles. The highest BCUT2D eigenvalue weighted by Gasteiger charge is 2.43. The van der Waals surface area contributed by atoms with Crippen molar-refractivity contribution in [3.63, 3.8) is 0 Å². The minimum Gasteiger partial charge on any atom is -0.468 e. The molecule has 1 aromatic rings. The maximum atomic E-state index is 12.8. The number of allylic oxidation sites excluding steroid dienone is 1. The van der Waals surface area contributed by atoms with Gasteiger partial charge in [0, 0.05) is 17.3 Å². The van der Waals surface area contributed by atoms with Crippen LogP contribution in [-0.4, -0.2) is 31.4 Å². The van der Waals surface area contributed by atoms with Crippen molar-refractivity contribution < 1.29 is 19.1 Å². The first-order chi connectivity index (χ1) is 12.7. The van der Waals surface area contributed by atoms with E-state index in [4.69, 9.17) is 32.7 Å². The summed E-state index contributed by atoms with van der Waals surface area (Å²) in [6, 6.07) is 5.08. The zero-order valence-electron chi connectivity index (χ0n) is 15.6. The Morgan fingerprint density at radius 1 is 1.26 bits per heavy atom. The number of esters is 2. The van der Waals surface area contributed by atoms with Gasteiger partial charge in [-0.1, -0.05) is 41.9 Å². The highest BCUT2D eigenvalue weighted by Crippen LogP contribution is 2.44. The van der Waals surface area contributed by atoms with Gasteiger partial charge in [-0.15, -0.1) is 0 Å². The maximum Gasteiger partial charge on any atom is 0.336 e. The fraction of sp³-hybridized carbons (Fsp3) is 0.350. The van der Waals surface area contributed by atoms with Crippen molar-refractivity contribution in [2.24, 2.45) is 10.9 Å². The van der Waals surface area contributed by atoms with Gasteiger partial charge in [-0.2, -0.15) is 0 Å². The summed E-state index contributed by atoms with van der Waals surface area (Å²) in [4.78, 5) is 29.8. The SMILES string of the molecule is C=C(C)COC(=O)C1=C(C)N=C(C)C(C(=O)OC)C1c1cccc(Cl)c1Cl. The van der Waals surface area contributed by atoms with Crippen LogP contribution < -0.4 is 0 Å². The lowest BCUT2D eigenvalue weighted by atomic mass is 9.75. The van der Waals surface area contributed by atoms with Crippen molar-refractivity contribution in [3.05, 3.63) is 57.2 Å². The van der Waals surface area contributed by atoms with Crippen LogP contribution in [0, 0.1) is 5.92 Å². The molecule has 0 aromatic heterocycles. The van der Waals surface area contributed by atoms with Crippen LogP contribution in [0.4, 0.5) is 0 Å². The van der Waals surface area contributed by atoms with E-state index in [0.29, 0.717) is 27.6 Å². The summed E-state index contributed by atoms with van der Waals surface area (Å²) in [6.07, 6.45) is 0. The lowest BCUT2D eigenvalue weighted by Gasteiger charge is -2.32. The molecule has 2 rings (SSSR count). The molecule has 2 atom stereocenters. The van der Waals surface area contributed by atoms with Crippen LogP contribution in [0.15, 0.2) is 46.6 Å². The van der Waals surface area contributed by atoms with E-state index in [1.807, 2.05) is 0 Å². The van der Waals surface area contributed by atoms with E-state index >= 15 is 0 Å². The van der Waals surface area contributed by atoms with Gasteiger partial charge in [0.25, 0.3) is 0 Å². The topological polar surface area (TPSA) is 65.0 Å². The van der Waals surface area contributed by atoms with Crippen molar-refractivity contribution in [2.75, 3.05) is 13.7 Å². The zero-order valence-corrected chi connectivity index (χ0v) is 17.1. The van der Waals surface area contributed by atoms with Gasteiger partial charge < -0.3 is 9.47 Å². The fourth-order valence-corrected chi connectivity index (χ4v) is 3.52. The largest absolute Gasteiger partial charge is 0.468 e. The lowest BCUT2D eigenvalue weighted by Crippen LogP contribution is -2.36. The minimum absolute atomic E-state index is 0.0667. The van der Waals surface area contributed by atoms with Gasteiger partial charge in [0.1, 0.15) is 12.5 Å².